The summed E-state index contributed by atoms with van der Waals surface area (Å²) in [5, 5.41) is 14.2. The van der Waals surface area contributed by atoms with Gasteiger partial charge in [-0.3, -0.25) is 19.4 Å². The number of aromatic nitrogens is 4. The van der Waals surface area contributed by atoms with E-state index in [1.165, 1.54) is 0 Å². The quantitative estimate of drug-likeness (QED) is 0.400. The van der Waals surface area contributed by atoms with Crippen LogP contribution in [0.2, 0.25) is 0 Å². The average molecular weight is 532 g/mol. The molecule has 4 N–H and O–H groups in total. The van der Waals surface area contributed by atoms with Crippen LogP contribution in [-0.4, -0.2) is 88.2 Å². The normalized spacial score (nSPS) is 17.4. The van der Waals surface area contributed by atoms with Gasteiger partial charge in [0.15, 0.2) is 11.5 Å². The molecular formula is C26H29N9O4. The van der Waals surface area contributed by atoms with Crippen LogP contribution < -0.4 is 21.3 Å². The van der Waals surface area contributed by atoms with Gasteiger partial charge in [-0.25, -0.2) is 0 Å². The largest absolute Gasteiger partial charge is 0.378 e. The molecule has 0 aliphatic carbocycles. The summed E-state index contributed by atoms with van der Waals surface area (Å²) in [6, 6.07) is 11.9. The number of hydrogen-bond donors (Lipinski definition) is 3. The summed E-state index contributed by atoms with van der Waals surface area (Å²) in [5.41, 5.74) is 6.91. The number of nitrogens with zero attached hydrogens (tertiary/aromatic N) is 6. The Kier molecular flexibility index (Phi) is 7.87. The van der Waals surface area contributed by atoms with Crippen LogP contribution in [0.3, 0.4) is 0 Å². The number of rotatable bonds is 7. The lowest BCUT2D eigenvalue weighted by molar-refractivity contribution is 0.0303. The third kappa shape index (κ3) is 6.26. The Balaban J connectivity index is 1.29. The van der Waals surface area contributed by atoms with E-state index in [9.17, 15) is 14.4 Å². The summed E-state index contributed by atoms with van der Waals surface area (Å²) >= 11 is 0. The van der Waals surface area contributed by atoms with E-state index >= 15 is 0 Å². The van der Waals surface area contributed by atoms with Crippen LogP contribution in [0.1, 0.15) is 44.2 Å². The molecule has 0 bridgehead atoms. The summed E-state index contributed by atoms with van der Waals surface area (Å²) in [6.07, 6.45) is 3.17. The number of hydrogen-bond acceptors (Lipinski definition) is 10. The number of carbonyl (C=O) groups excluding carboxylic acids is 3. The SMILES string of the molecule is NC(=O)c1nnc(N2CCC[C@@H](NC(=O)c3ccccn3)C2)nc1Nc1ccc(C(=O)N2CCOCC2)cc1. The van der Waals surface area contributed by atoms with Crippen LogP contribution in [-0.2, 0) is 4.74 Å². The maximum Gasteiger partial charge on any atom is 0.273 e. The first-order valence-corrected chi connectivity index (χ1v) is 12.7. The first kappa shape index (κ1) is 26.0. The fourth-order valence-electron chi connectivity index (χ4n) is 4.52. The van der Waals surface area contributed by atoms with Gasteiger partial charge in [0.1, 0.15) is 5.69 Å². The molecule has 3 aromatic rings. The summed E-state index contributed by atoms with van der Waals surface area (Å²) in [4.78, 5) is 49.6. The van der Waals surface area contributed by atoms with E-state index in [4.69, 9.17) is 10.5 Å². The standard InChI is InChI=1S/C26H29N9O4/c27-22(36)21-23(29-18-8-6-17(7-9-18)25(38)34-12-14-39-15-13-34)31-26(33-32-21)35-11-3-4-19(16-35)30-24(37)20-5-1-2-10-28-20/h1-2,5-10,19H,3-4,11-16H2,(H2,27,36)(H,30,37)(H,29,31,33)/t19-/m1/s1. The Morgan fingerprint density at radius 1 is 1.00 bits per heavy atom. The first-order valence-electron chi connectivity index (χ1n) is 12.7. The Morgan fingerprint density at radius 3 is 2.51 bits per heavy atom. The molecule has 202 valence electrons. The van der Waals surface area contributed by atoms with Crippen LogP contribution in [0.25, 0.3) is 0 Å². The van der Waals surface area contributed by atoms with Crippen molar-refractivity contribution in [3.8, 4) is 0 Å². The van der Waals surface area contributed by atoms with E-state index in [1.807, 2.05) is 4.90 Å². The predicted octanol–water partition coefficient (Wildman–Crippen LogP) is 0.980. The van der Waals surface area contributed by atoms with Crippen LogP contribution in [0, 0.1) is 0 Å². The number of morpholine rings is 1. The van der Waals surface area contributed by atoms with Crippen LogP contribution in [0.5, 0.6) is 0 Å². The number of anilines is 3. The molecule has 13 heteroatoms. The van der Waals surface area contributed by atoms with Gasteiger partial charge in [0, 0.05) is 49.7 Å². The Bertz CT molecular complexity index is 1330. The van der Waals surface area contributed by atoms with Crippen molar-refractivity contribution >= 4 is 35.2 Å². The molecule has 0 saturated carbocycles. The summed E-state index contributed by atoms with van der Waals surface area (Å²) in [5.74, 6) is -0.632. The molecule has 2 aliphatic heterocycles. The van der Waals surface area contributed by atoms with E-state index in [0.29, 0.717) is 62.3 Å². The highest BCUT2D eigenvalue weighted by molar-refractivity contribution is 5.97. The second-order valence-electron chi connectivity index (χ2n) is 9.25. The molecule has 3 amide bonds. The number of nitrogens with one attached hydrogen (secondary N) is 2. The summed E-state index contributed by atoms with van der Waals surface area (Å²) < 4.78 is 5.31. The van der Waals surface area contributed by atoms with Gasteiger partial charge < -0.3 is 30.9 Å². The van der Waals surface area contributed by atoms with Crippen molar-refractivity contribution in [3.05, 3.63) is 65.6 Å². The van der Waals surface area contributed by atoms with Crippen molar-refractivity contribution in [3.63, 3.8) is 0 Å². The number of carbonyl (C=O) groups is 3. The first-order chi connectivity index (χ1) is 19.0. The second-order valence-corrected chi connectivity index (χ2v) is 9.25. The highest BCUT2D eigenvalue weighted by Crippen LogP contribution is 2.22. The van der Waals surface area contributed by atoms with Crippen molar-refractivity contribution in [2.24, 2.45) is 5.73 Å². The molecule has 0 radical (unpaired) electrons. The number of ether oxygens (including phenoxy) is 1. The number of pyridine rings is 1. The van der Waals surface area contributed by atoms with Crippen LogP contribution >= 0.6 is 0 Å². The zero-order chi connectivity index (χ0) is 27.2. The van der Waals surface area contributed by atoms with Gasteiger partial charge >= 0.3 is 0 Å². The molecule has 1 atom stereocenters. The molecule has 0 unspecified atom stereocenters. The van der Waals surface area contributed by atoms with Gasteiger partial charge in [-0.15, -0.1) is 10.2 Å². The topological polar surface area (TPSA) is 169 Å². The molecule has 2 saturated heterocycles. The minimum Gasteiger partial charge on any atom is -0.378 e. The average Bonchev–Trinajstić information content (AvgIpc) is 2.98. The smallest absolute Gasteiger partial charge is 0.273 e. The van der Waals surface area contributed by atoms with Crippen LogP contribution in [0.15, 0.2) is 48.7 Å². The molecule has 13 nitrogen and oxygen atoms in total. The van der Waals surface area contributed by atoms with Gasteiger partial charge in [-0.2, -0.15) is 4.98 Å². The van der Waals surface area contributed by atoms with Gasteiger partial charge in [0.2, 0.25) is 5.95 Å². The lowest BCUT2D eigenvalue weighted by atomic mass is 10.1. The van der Waals surface area contributed by atoms with Crippen LogP contribution in [0.4, 0.5) is 17.5 Å². The van der Waals surface area contributed by atoms with E-state index in [2.05, 4.69) is 30.8 Å². The Morgan fingerprint density at radius 2 is 1.79 bits per heavy atom. The maximum atomic E-state index is 12.7. The zero-order valence-corrected chi connectivity index (χ0v) is 21.2. The molecule has 39 heavy (non-hydrogen) atoms. The highest BCUT2D eigenvalue weighted by Gasteiger charge is 2.26. The van der Waals surface area contributed by atoms with E-state index in [1.54, 1.807) is 53.6 Å². The second kappa shape index (κ2) is 11.8. The molecule has 2 aliphatic rings. The minimum atomic E-state index is -0.776. The third-order valence-corrected chi connectivity index (χ3v) is 6.54. The van der Waals surface area contributed by atoms with E-state index < -0.39 is 5.91 Å². The number of piperidine rings is 1. The van der Waals surface area contributed by atoms with Gasteiger partial charge in [0.25, 0.3) is 17.7 Å². The van der Waals surface area contributed by atoms with Gasteiger partial charge in [-0.1, -0.05) is 6.07 Å². The lowest BCUT2D eigenvalue weighted by Crippen LogP contribution is -2.48. The summed E-state index contributed by atoms with van der Waals surface area (Å²) in [6.45, 7) is 3.29. The predicted molar refractivity (Wildman–Crippen MR) is 142 cm³/mol. The van der Waals surface area contributed by atoms with Gasteiger partial charge in [-0.05, 0) is 49.2 Å². The van der Waals surface area contributed by atoms with Crippen molar-refractivity contribution < 1.29 is 19.1 Å². The monoisotopic (exact) mass is 531 g/mol. The number of amides is 3. The third-order valence-electron chi connectivity index (χ3n) is 6.54. The highest BCUT2D eigenvalue weighted by atomic mass is 16.5. The van der Waals surface area contributed by atoms with E-state index in [-0.39, 0.29) is 29.4 Å². The van der Waals surface area contributed by atoms with Gasteiger partial charge in [0.05, 0.1) is 13.2 Å². The number of benzene rings is 1. The van der Waals surface area contributed by atoms with Crippen molar-refractivity contribution in [1.29, 1.82) is 0 Å². The maximum absolute atomic E-state index is 12.7. The molecule has 5 rings (SSSR count). The van der Waals surface area contributed by atoms with E-state index in [0.717, 1.165) is 12.8 Å². The number of primary amides is 1. The fraction of sp³-hybridized carbons (Fsp3) is 0.346. The Hall–Kier alpha value is -4.65. The zero-order valence-electron chi connectivity index (χ0n) is 21.2. The summed E-state index contributed by atoms with van der Waals surface area (Å²) in [7, 11) is 0. The fourth-order valence-corrected chi connectivity index (χ4v) is 4.52. The molecule has 2 fully saturated rings. The van der Waals surface area contributed by atoms with Crippen molar-refractivity contribution in [1.82, 2.24) is 30.4 Å². The van der Waals surface area contributed by atoms with Crippen molar-refractivity contribution in [2.75, 3.05) is 49.6 Å². The molecular weight excluding hydrogens is 502 g/mol. The molecule has 0 spiro atoms. The molecule has 2 aromatic heterocycles. The molecule has 1 aromatic carbocycles. The minimum absolute atomic E-state index is 0.0662. The lowest BCUT2D eigenvalue weighted by Gasteiger charge is -2.33. The Labute approximate surface area is 224 Å². The number of nitrogens with two attached hydrogens (primary N) is 1. The van der Waals surface area contributed by atoms with Crippen molar-refractivity contribution in [2.45, 2.75) is 18.9 Å². The molecule has 4 heterocycles.